The number of carbonyl (C=O) groups excluding carboxylic acids is 1. The van der Waals surface area contributed by atoms with E-state index < -0.39 is 22.3 Å². The minimum Gasteiger partial charge on any atom is -0.460 e. The first-order valence-electron chi connectivity index (χ1n) is 6.29. The zero-order valence-electron chi connectivity index (χ0n) is 11.5. The molecule has 0 aliphatic heterocycles. The number of carbonyl (C=O) groups is 1. The summed E-state index contributed by atoms with van der Waals surface area (Å²) in [6, 6.07) is 9.04. The Hall–Kier alpha value is -1.53. The number of ether oxygens (including phenoxy) is 1. The van der Waals surface area contributed by atoms with E-state index in [-0.39, 0.29) is 24.7 Å². The van der Waals surface area contributed by atoms with E-state index in [1.807, 2.05) is 32.0 Å². The van der Waals surface area contributed by atoms with Crippen molar-refractivity contribution in [3.05, 3.63) is 35.9 Å². The van der Waals surface area contributed by atoms with Gasteiger partial charge in [0.1, 0.15) is 6.61 Å². The molecule has 0 saturated heterocycles. The molecule has 5 nitrogen and oxygen atoms in total. The summed E-state index contributed by atoms with van der Waals surface area (Å²) in [4.78, 5) is 11.9. The van der Waals surface area contributed by atoms with Gasteiger partial charge in [-0.05, 0) is 17.9 Å². The van der Waals surface area contributed by atoms with E-state index in [1.54, 1.807) is 12.1 Å². The van der Waals surface area contributed by atoms with Crippen molar-refractivity contribution in [3.63, 3.8) is 0 Å². The molecule has 2 N–H and O–H groups in total. The smallest absolute Gasteiger partial charge is 0.330 e. The molecular formula is C14H19NO4S. The average molecular weight is 297 g/mol. The molecule has 0 spiro atoms. The number of benzene rings is 1. The maximum atomic E-state index is 11.9. The minimum absolute atomic E-state index is 0.0301. The Kier molecular flexibility index (Phi) is 6.54. The molecule has 1 rings (SSSR count). The van der Waals surface area contributed by atoms with Crippen LogP contribution in [0, 0.1) is 11.3 Å². The van der Waals surface area contributed by atoms with Crippen LogP contribution in [-0.2, 0) is 27.2 Å². The number of hydrogen-bond donors (Lipinski definition) is 2. The van der Waals surface area contributed by atoms with Crippen LogP contribution in [0.15, 0.2) is 30.3 Å². The zero-order chi connectivity index (χ0) is 15.1. The maximum absolute atomic E-state index is 11.9. The van der Waals surface area contributed by atoms with Crippen molar-refractivity contribution in [1.29, 1.82) is 5.41 Å². The van der Waals surface area contributed by atoms with E-state index in [4.69, 9.17) is 10.1 Å². The van der Waals surface area contributed by atoms with E-state index in [1.165, 1.54) is 0 Å². The standard InChI is InChI=1S/C14H19NO4S/c1-10(2)8-12(15)13(20(17)18)14(16)19-9-11-6-4-3-5-7-11/h3-7,10,13,15H,8-9H2,1-2H3,(H,17,18). The normalized spacial score (nSPS) is 13.8. The summed E-state index contributed by atoms with van der Waals surface area (Å²) in [6.45, 7) is 3.78. The molecule has 0 amide bonds. The lowest BCUT2D eigenvalue weighted by Gasteiger charge is -2.15. The third-order valence-electron chi connectivity index (χ3n) is 2.58. The molecule has 0 saturated carbocycles. The number of nitrogens with one attached hydrogen (secondary N) is 1. The summed E-state index contributed by atoms with van der Waals surface area (Å²) in [5.41, 5.74) is 0.720. The van der Waals surface area contributed by atoms with Crippen LogP contribution in [0.1, 0.15) is 25.8 Å². The van der Waals surface area contributed by atoms with Gasteiger partial charge in [0.2, 0.25) is 0 Å². The van der Waals surface area contributed by atoms with Crippen molar-refractivity contribution in [1.82, 2.24) is 0 Å². The predicted octanol–water partition coefficient (Wildman–Crippen LogP) is 2.39. The lowest BCUT2D eigenvalue weighted by Crippen LogP contribution is -2.36. The molecule has 110 valence electrons. The summed E-state index contributed by atoms with van der Waals surface area (Å²) in [5, 5.41) is 6.36. The highest BCUT2D eigenvalue weighted by Crippen LogP contribution is 2.10. The van der Waals surface area contributed by atoms with Crippen molar-refractivity contribution in [2.75, 3.05) is 0 Å². The molecule has 0 aromatic heterocycles. The highest BCUT2D eigenvalue weighted by Gasteiger charge is 2.31. The van der Waals surface area contributed by atoms with Gasteiger partial charge in [0, 0.05) is 5.71 Å². The van der Waals surface area contributed by atoms with Crippen LogP contribution < -0.4 is 0 Å². The Bertz CT molecular complexity index is 487. The monoisotopic (exact) mass is 297 g/mol. The fourth-order valence-corrected chi connectivity index (χ4v) is 2.27. The van der Waals surface area contributed by atoms with Crippen molar-refractivity contribution in [2.24, 2.45) is 5.92 Å². The van der Waals surface area contributed by atoms with Crippen molar-refractivity contribution in [2.45, 2.75) is 32.1 Å². The van der Waals surface area contributed by atoms with E-state index in [0.29, 0.717) is 0 Å². The number of hydrogen-bond acceptors (Lipinski definition) is 4. The Morgan fingerprint density at radius 2 is 1.95 bits per heavy atom. The minimum atomic E-state index is -2.44. The molecule has 0 fully saturated rings. The highest BCUT2D eigenvalue weighted by atomic mass is 32.2. The molecule has 2 atom stereocenters. The Morgan fingerprint density at radius 3 is 2.45 bits per heavy atom. The van der Waals surface area contributed by atoms with Gasteiger partial charge in [-0.3, -0.25) is 4.79 Å². The van der Waals surface area contributed by atoms with Gasteiger partial charge in [0.25, 0.3) is 0 Å². The Balaban J connectivity index is 2.65. The van der Waals surface area contributed by atoms with Crippen molar-refractivity contribution >= 4 is 22.8 Å². The molecule has 0 radical (unpaired) electrons. The second-order valence-corrected chi connectivity index (χ2v) is 5.90. The molecular weight excluding hydrogens is 278 g/mol. The average Bonchev–Trinajstić information content (AvgIpc) is 2.36. The first-order valence-corrected chi connectivity index (χ1v) is 7.46. The fourth-order valence-electron chi connectivity index (χ4n) is 1.70. The van der Waals surface area contributed by atoms with Gasteiger partial charge in [-0.25, -0.2) is 4.21 Å². The highest BCUT2D eigenvalue weighted by molar-refractivity contribution is 7.81. The van der Waals surface area contributed by atoms with Gasteiger partial charge in [-0.2, -0.15) is 0 Å². The Labute approximate surface area is 121 Å². The third kappa shape index (κ3) is 5.22. The topological polar surface area (TPSA) is 87.5 Å². The molecule has 0 bridgehead atoms. The molecule has 1 aromatic carbocycles. The van der Waals surface area contributed by atoms with Crippen molar-refractivity contribution < 1.29 is 18.3 Å². The lowest BCUT2D eigenvalue weighted by atomic mass is 10.0. The summed E-state index contributed by atoms with van der Waals surface area (Å²) in [5.74, 6) is -0.698. The summed E-state index contributed by atoms with van der Waals surface area (Å²) >= 11 is -2.44. The first-order chi connectivity index (χ1) is 9.41. The van der Waals surface area contributed by atoms with Crippen LogP contribution >= 0.6 is 0 Å². The quantitative estimate of drug-likeness (QED) is 0.459. The zero-order valence-corrected chi connectivity index (χ0v) is 12.4. The molecule has 0 aliphatic carbocycles. The largest absolute Gasteiger partial charge is 0.460 e. The van der Waals surface area contributed by atoms with Crippen LogP contribution in [-0.4, -0.2) is 25.7 Å². The van der Waals surface area contributed by atoms with Crippen LogP contribution in [0.5, 0.6) is 0 Å². The van der Waals surface area contributed by atoms with Gasteiger partial charge in [0.05, 0.1) is 0 Å². The number of rotatable bonds is 7. The predicted molar refractivity (Wildman–Crippen MR) is 78.0 cm³/mol. The molecule has 0 heterocycles. The first kappa shape index (κ1) is 16.5. The molecule has 1 aromatic rings. The van der Waals surface area contributed by atoms with Crippen molar-refractivity contribution in [3.8, 4) is 0 Å². The molecule has 0 aliphatic rings. The summed E-state index contributed by atoms with van der Waals surface area (Å²) in [6.07, 6.45) is 0.289. The van der Waals surface area contributed by atoms with E-state index in [9.17, 15) is 13.6 Å². The van der Waals surface area contributed by atoms with Gasteiger partial charge in [0.15, 0.2) is 16.3 Å². The van der Waals surface area contributed by atoms with E-state index in [2.05, 4.69) is 0 Å². The van der Waals surface area contributed by atoms with Crippen LogP contribution in [0.4, 0.5) is 0 Å². The lowest BCUT2D eigenvalue weighted by molar-refractivity contribution is -0.143. The number of esters is 1. The molecule has 6 heteroatoms. The van der Waals surface area contributed by atoms with Crippen LogP contribution in [0.2, 0.25) is 0 Å². The van der Waals surface area contributed by atoms with Crippen LogP contribution in [0.25, 0.3) is 0 Å². The van der Waals surface area contributed by atoms with Gasteiger partial charge < -0.3 is 14.7 Å². The fraction of sp³-hybridized carbons (Fsp3) is 0.429. The van der Waals surface area contributed by atoms with E-state index in [0.717, 1.165) is 5.56 Å². The maximum Gasteiger partial charge on any atom is 0.330 e. The molecule has 2 unspecified atom stereocenters. The van der Waals surface area contributed by atoms with Crippen LogP contribution in [0.3, 0.4) is 0 Å². The molecule has 20 heavy (non-hydrogen) atoms. The second kappa shape index (κ2) is 7.91. The third-order valence-corrected chi connectivity index (χ3v) is 3.46. The summed E-state index contributed by atoms with van der Waals surface area (Å²) in [7, 11) is 0. The summed E-state index contributed by atoms with van der Waals surface area (Å²) < 4.78 is 25.5. The second-order valence-electron chi connectivity index (χ2n) is 4.87. The van der Waals surface area contributed by atoms with E-state index >= 15 is 0 Å². The van der Waals surface area contributed by atoms with Gasteiger partial charge in [-0.1, -0.05) is 44.2 Å². The Morgan fingerprint density at radius 1 is 1.35 bits per heavy atom. The SMILES string of the molecule is CC(C)CC(=N)C(C(=O)OCc1ccccc1)S(=O)O. The van der Waals surface area contributed by atoms with Gasteiger partial charge in [-0.15, -0.1) is 0 Å². The van der Waals surface area contributed by atoms with Gasteiger partial charge >= 0.3 is 5.97 Å².